The van der Waals surface area contributed by atoms with E-state index in [-0.39, 0.29) is 5.91 Å². The Bertz CT molecular complexity index is 824. The van der Waals surface area contributed by atoms with Crippen LogP contribution in [0.5, 0.6) is 5.75 Å². The van der Waals surface area contributed by atoms with E-state index in [0.717, 1.165) is 11.1 Å². The molecule has 28 heavy (non-hydrogen) atoms. The van der Waals surface area contributed by atoms with Crippen molar-refractivity contribution in [2.45, 2.75) is 52.8 Å². The van der Waals surface area contributed by atoms with Gasteiger partial charge >= 0.3 is 5.97 Å². The van der Waals surface area contributed by atoms with E-state index in [1.807, 2.05) is 64.1 Å². The lowest BCUT2D eigenvalue weighted by Crippen LogP contribution is -2.49. The summed E-state index contributed by atoms with van der Waals surface area (Å²) >= 11 is 0. The zero-order valence-electron chi connectivity index (χ0n) is 17.5. The van der Waals surface area contributed by atoms with Crippen molar-refractivity contribution in [2.24, 2.45) is 0 Å². The van der Waals surface area contributed by atoms with E-state index in [0.29, 0.717) is 17.9 Å². The molecule has 5 nitrogen and oxygen atoms in total. The number of benzene rings is 2. The lowest BCUT2D eigenvalue weighted by molar-refractivity contribution is -0.145. The normalized spacial score (nSPS) is 12.2. The highest BCUT2D eigenvalue weighted by molar-refractivity contribution is 5.95. The van der Waals surface area contributed by atoms with E-state index in [1.165, 1.54) is 7.11 Å². The van der Waals surface area contributed by atoms with Crippen molar-refractivity contribution < 1.29 is 19.1 Å². The Morgan fingerprint density at radius 1 is 1.07 bits per heavy atom. The van der Waals surface area contributed by atoms with E-state index in [1.54, 1.807) is 24.0 Å². The van der Waals surface area contributed by atoms with Gasteiger partial charge in [0.2, 0.25) is 0 Å². The van der Waals surface area contributed by atoms with Crippen LogP contribution < -0.4 is 4.74 Å². The van der Waals surface area contributed by atoms with Crippen molar-refractivity contribution in [3.63, 3.8) is 0 Å². The van der Waals surface area contributed by atoms with Gasteiger partial charge < -0.3 is 14.4 Å². The van der Waals surface area contributed by atoms with Gasteiger partial charge in [-0.15, -0.1) is 0 Å². The fraction of sp³-hybridized carbons (Fsp3) is 0.391. The minimum absolute atomic E-state index is 0.240. The Balaban J connectivity index is 2.19. The molecule has 0 N–H and O–H groups in total. The predicted octanol–water partition coefficient (Wildman–Crippen LogP) is 4.38. The average molecular weight is 383 g/mol. The largest absolute Gasteiger partial charge is 0.496 e. The first kappa shape index (κ1) is 21.5. The Morgan fingerprint density at radius 3 is 2.29 bits per heavy atom. The zero-order chi connectivity index (χ0) is 20.9. The quantitative estimate of drug-likeness (QED) is 0.695. The minimum atomic E-state index is -0.916. The fourth-order valence-corrected chi connectivity index (χ4v) is 2.89. The van der Waals surface area contributed by atoms with Crippen molar-refractivity contribution in [3.8, 4) is 5.75 Å². The maximum atomic E-state index is 13.1. The van der Waals surface area contributed by atoms with E-state index >= 15 is 0 Å². The molecule has 0 aliphatic rings. The molecule has 0 fully saturated rings. The molecule has 2 rings (SSSR count). The molecule has 2 aromatic carbocycles. The summed E-state index contributed by atoms with van der Waals surface area (Å²) in [5, 5.41) is 0. The Hall–Kier alpha value is -2.82. The van der Waals surface area contributed by atoms with Crippen LogP contribution in [-0.2, 0) is 16.1 Å². The predicted molar refractivity (Wildman–Crippen MR) is 109 cm³/mol. The highest BCUT2D eigenvalue weighted by atomic mass is 16.5. The van der Waals surface area contributed by atoms with E-state index in [2.05, 4.69) is 0 Å². The average Bonchev–Trinajstić information content (AvgIpc) is 2.65. The molecule has 1 atom stereocenters. The lowest BCUT2D eigenvalue weighted by Gasteiger charge is -2.37. The van der Waals surface area contributed by atoms with Crippen molar-refractivity contribution >= 4 is 11.9 Å². The van der Waals surface area contributed by atoms with E-state index in [4.69, 9.17) is 9.47 Å². The summed E-state index contributed by atoms with van der Waals surface area (Å²) in [4.78, 5) is 27.5. The summed E-state index contributed by atoms with van der Waals surface area (Å²) in [6.45, 7) is 9.82. The molecule has 5 heteroatoms. The molecule has 150 valence electrons. The minimum Gasteiger partial charge on any atom is -0.496 e. The van der Waals surface area contributed by atoms with Gasteiger partial charge in [0.25, 0.3) is 5.91 Å². The number of hydrogen-bond acceptors (Lipinski definition) is 4. The Labute approximate surface area is 167 Å². The smallest absolute Gasteiger partial charge is 0.342 e. The third kappa shape index (κ3) is 5.35. The Morgan fingerprint density at radius 2 is 1.71 bits per heavy atom. The molecule has 0 bridgehead atoms. The van der Waals surface area contributed by atoms with Crippen LogP contribution in [0, 0.1) is 6.92 Å². The summed E-state index contributed by atoms with van der Waals surface area (Å²) in [5.41, 5.74) is 1.82. The first-order valence-corrected chi connectivity index (χ1v) is 9.34. The highest BCUT2D eigenvalue weighted by Gasteiger charge is 2.32. The number of carbonyl (C=O) groups is 2. The number of aryl methyl sites for hydroxylation is 1. The summed E-state index contributed by atoms with van der Waals surface area (Å²) < 4.78 is 10.7. The van der Waals surface area contributed by atoms with Crippen molar-refractivity contribution in [3.05, 3.63) is 65.2 Å². The Kier molecular flexibility index (Phi) is 6.84. The standard InChI is InChI=1S/C23H29NO4/c1-16-12-13-20(27-6)19(14-16)22(26)28-17(2)21(25)24(23(3,4)5)15-18-10-8-7-9-11-18/h7-14,17H,15H2,1-6H3/t17-/m0/s1. The molecule has 0 unspecified atom stereocenters. The van der Waals surface area contributed by atoms with Crippen LogP contribution in [0.1, 0.15) is 49.2 Å². The number of hydrogen-bond donors (Lipinski definition) is 0. The van der Waals surface area contributed by atoms with Gasteiger partial charge in [0, 0.05) is 12.1 Å². The maximum absolute atomic E-state index is 13.1. The summed E-state index contributed by atoms with van der Waals surface area (Å²) in [6.07, 6.45) is -0.916. The SMILES string of the molecule is COc1ccc(C)cc1C(=O)O[C@@H](C)C(=O)N(Cc1ccccc1)C(C)(C)C. The summed E-state index contributed by atoms with van der Waals surface area (Å²) in [6, 6.07) is 15.0. The number of methoxy groups -OCH3 is 1. The number of ether oxygens (including phenoxy) is 2. The van der Waals surface area contributed by atoms with Crippen LogP contribution in [0.3, 0.4) is 0 Å². The van der Waals surface area contributed by atoms with Gasteiger partial charge in [-0.2, -0.15) is 0 Å². The van der Waals surface area contributed by atoms with Crippen LogP contribution >= 0.6 is 0 Å². The van der Waals surface area contributed by atoms with Crippen LogP contribution in [-0.4, -0.2) is 35.5 Å². The van der Waals surface area contributed by atoms with Gasteiger partial charge in [0.1, 0.15) is 11.3 Å². The van der Waals surface area contributed by atoms with E-state index in [9.17, 15) is 9.59 Å². The number of carbonyl (C=O) groups excluding carboxylic acids is 2. The van der Waals surface area contributed by atoms with Crippen LogP contribution in [0.4, 0.5) is 0 Å². The molecule has 0 heterocycles. The van der Waals surface area contributed by atoms with Gasteiger partial charge in [0.05, 0.1) is 7.11 Å². The summed E-state index contributed by atoms with van der Waals surface area (Å²) in [7, 11) is 1.50. The molecule has 0 aromatic heterocycles. The molecule has 0 aliphatic carbocycles. The van der Waals surface area contributed by atoms with Gasteiger partial charge in [-0.1, -0.05) is 42.0 Å². The molecular weight excluding hydrogens is 354 g/mol. The second-order valence-electron chi connectivity index (χ2n) is 7.83. The molecule has 0 saturated heterocycles. The number of amides is 1. The van der Waals surface area contributed by atoms with Crippen LogP contribution in [0.15, 0.2) is 48.5 Å². The molecular formula is C23H29NO4. The molecule has 2 aromatic rings. The van der Waals surface area contributed by atoms with Crippen molar-refractivity contribution in [1.82, 2.24) is 4.90 Å². The molecule has 0 radical (unpaired) electrons. The van der Waals surface area contributed by atoms with Gasteiger partial charge in [-0.05, 0) is 52.3 Å². The third-order valence-electron chi connectivity index (χ3n) is 4.47. The highest BCUT2D eigenvalue weighted by Crippen LogP contribution is 2.23. The lowest BCUT2D eigenvalue weighted by atomic mass is 10.0. The zero-order valence-corrected chi connectivity index (χ0v) is 17.5. The number of esters is 1. The molecule has 1 amide bonds. The second kappa shape index (κ2) is 8.91. The van der Waals surface area contributed by atoms with Gasteiger partial charge in [0.15, 0.2) is 6.10 Å². The fourth-order valence-electron chi connectivity index (χ4n) is 2.89. The monoisotopic (exact) mass is 383 g/mol. The van der Waals surface area contributed by atoms with Crippen LogP contribution in [0.2, 0.25) is 0 Å². The topological polar surface area (TPSA) is 55.8 Å². The molecule has 0 aliphatic heterocycles. The number of nitrogens with zero attached hydrogens (tertiary/aromatic N) is 1. The van der Waals surface area contributed by atoms with Crippen molar-refractivity contribution in [1.29, 1.82) is 0 Å². The molecule has 0 spiro atoms. The van der Waals surface area contributed by atoms with E-state index < -0.39 is 17.6 Å². The van der Waals surface area contributed by atoms with Gasteiger partial charge in [-0.25, -0.2) is 4.79 Å². The van der Waals surface area contributed by atoms with Gasteiger partial charge in [-0.3, -0.25) is 4.79 Å². The first-order chi connectivity index (χ1) is 13.1. The number of rotatable bonds is 6. The van der Waals surface area contributed by atoms with Crippen molar-refractivity contribution in [2.75, 3.05) is 7.11 Å². The van der Waals surface area contributed by atoms with Crippen LogP contribution in [0.25, 0.3) is 0 Å². The maximum Gasteiger partial charge on any atom is 0.342 e. The third-order valence-corrected chi connectivity index (χ3v) is 4.47. The summed E-state index contributed by atoms with van der Waals surface area (Å²) in [5.74, 6) is -0.390. The first-order valence-electron chi connectivity index (χ1n) is 9.34. The molecule has 0 saturated carbocycles. The second-order valence-corrected chi connectivity index (χ2v) is 7.83.